The summed E-state index contributed by atoms with van der Waals surface area (Å²) in [6.07, 6.45) is 3.79. The van der Waals surface area contributed by atoms with E-state index in [-0.39, 0.29) is 23.5 Å². The highest BCUT2D eigenvalue weighted by Crippen LogP contribution is 2.14. The van der Waals surface area contributed by atoms with Crippen molar-refractivity contribution in [3.05, 3.63) is 16.9 Å². The van der Waals surface area contributed by atoms with Gasteiger partial charge in [-0.25, -0.2) is 8.42 Å². The Morgan fingerprint density at radius 3 is 2.89 bits per heavy atom. The lowest BCUT2D eigenvalue weighted by molar-refractivity contribution is -0.124. The summed E-state index contributed by atoms with van der Waals surface area (Å²) in [4.78, 5) is 11.9. The quantitative estimate of drug-likeness (QED) is 0.872. The molecule has 1 aliphatic heterocycles. The second-order valence-corrected chi connectivity index (χ2v) is 7.57. The van der Waals surface area contributed by atoms with Gasteiger partial charge < -0.3 is 5.32 Å². The Hall–Kier alpha value is -0.890. The number of carbonyl (C=O) groups is 1. The van der Waals surface area contributed by atoms with Crippen molar-refractivity contribution in [1.82, 2.24) is 15.1 Å². The summed E-state index contributed by atoms with van der Waals surface area (Å²) in [5.74, 6) is -0.0267. The zero-order valence-electron chi connectivity index (χ0n) is 9.84. The summed E-state index contributed by atoms with van der Waals surface area (Å²) in [7, 11) is -2.97. The Kier molecular flexibility index (Phi) is 3.76. The lowest BCUT2D eigenvalue weighted by Gasteiger charge is -2.16. The van der Waals surface area contributed by atoms with Crippen molar-refractivity contribution in [2.24, 2.45) is 0 Å². The van der Waals surface area contributed by atoms with Crippen LogP contribution in [0.1, 0.15) is 19.4 Å². The highest BCUT2D eigenvalue weighted by atomic mass is 79.9. The van der Waals surface area contributed by atoms with Crippen molar-refractivity contribution in [3.63, 3.8) is 0 Å². The van der Waals surface area contributed by atoms with E-state index in [1.165, 1.54) is 4.68 Å². The minimum Gasteiger partial charge on any atom is -0.350 e. The molecule has 1 saturated heterocycles. The van der Waals surface area contributed by atoms with Gasteiger partial charge in [0.15, 0.2) is 9.84 Å². The number of nitrogens with one attached hydrogen (secondary N) is 1. The SMILES string of the molecule is C[C@H](C(=O)N[C@H]1CCS(=O)(=O)C1)n1cc(Br)cn1. The van der Waals surface area contributed by atoms with Gasteiger partial charge in [0, 0.05) is 12.2 Å². The predicted octanol–water partition coefficient (Wildman–Crippen LogP) is 0.510. The third-order valence-electron chi connectivity index (χ3n) is 2.93. The number of hydrogen-bond donors (Lipinski definition) is 1. The van der Waals surface area contributed by atoms with Gasteiger partial charge in [0.05, 0.1) is 22.2 Å². The first-order chi connectivity index (χ1) is 8.37. The van der Waals surface area contributed by atoms with E-state index < -0.39 is 15.9 Å². The van der Waals surface area contributed by atoms with Gasteiger partial charge in [-0.05, 0) is 29.3 Å². The van der Waals surface area contributed by atoms with E-state index in [1.54, 1.807) is 19.3 Å². The molecule has 0 aromatic carbocycles. The van der Waals surface area contributed by atoms with E-state index in [4.69, 9.17) is 0 Å². The summed E-state index contributed by atoms with van der Waals surface area (Å²) >= 11 is 3.26. The zero-order valence-corrected chi connectivity index (χ0v) is 12.2. The molecule has 1 fully saturated rings. The molecule has 8 heteroatoms. The first-order valence-electron chi connectivity index (χ1n) is 5.58. The van der Waals surface area contributed by atoms with Crippen LogP contribution in [0.15, 0.2) is 16.9 Å². The van der Waals surface area contributed by atoms with Gasteiger partial charge >= 0.3 is 0 Å². The van der Waals surface area contributed by atoms with E-state index in [0.29, 0.717) is 6.42 Å². The molecule has 2 atom stereocenters. The molecule has 0 saturated carbocycles. The Morgan fingerprint density at radius 1 is 1.67 bits per heavy atom. The van der Waals surface area contributed by atoms with Crippen LogP contribution in [-0.2, 0) is 14.6 Å². The summed E-state index contributed by atoms with van der Waals surface area (Å²) in [5, 5.41) is 6.78. The van der Waals surface area contributed by atoms with Crippen LogP contribution in [0.2, 0.25) is 0 Å². The number of amides is 1. The molecule has 0 spiro atoms. The van der Waals surface area contributed by atoms with Crippen molar-refractivity contribution in [2.75, 3.05) is 11.5 Å². The van der Waals surface area contributed by atoms with Crippen LogP contribution in [0.5, 0.6) is 0 Å². The summed E-state index contributed by atoms with van der Waals surface area (Å²) in [6.45, 7) is 1.72. The molecule has 2 heterocycles. The number of carbonyl (C=O) groups excluding carboxylic acids is 1. The summed E-state index contributed by atoms with van der Waals surface area (Å²) in [6, 6.07) is -0.733. The Labute approximate surface area is 114 Å². The third-order valence-corrected chi connectivity index (χ3v) is 5.10. The summed E-state index contributed by atoms with van der Waals surface area (Å²) in [5.41, 5.74) is 0. The smallest absolute Gasteiger partial charge is 0.244 e. The number of nitrogens with zero attached hydrogens (tertiary/aromatic N) is 2. The van der Waals surface area contributed by atoms with E-state index in [1.807, 2.05) is 0 Å². The van der Waals surface area contributed by atoms with Crippen LogP contribution in [0.3, 0.4) is 0 Å². The van der Waals surface area contributed by atoms with Gasteiger partial charge in [0.25, 0.3) is 0 Å². The van der Waals surface area contributed by atoms with Crippen LogP contribution in [-0.4, -0.2) is 41.7 Å². The fourth-order valence-corrected chi connectivity index (χ4v) is 3.85. The molecule has 1 aromatic heterocycles. The van der Waals surface area contributed by atoms with Gasteiger partial charge in [0.2, 0.25) is 5.91 Å². The Morgan fingerprint density at radius 2 is 2.39 bits per heavy atom. The lowest BCUT2D eigenvalue weighted by atomic mass is 10.2. The van der Waals surface area contributed by atoms with Crippen LogP contribution in [0.4, 0.5) is 0 Å². The van der Waals surface area contributed by atoms with Crippen molar-refractivity contribution in [2.45, 2.75) is 25.4 Å². The first-order valence-corrected chi connectivity index (χ1v) is 8.19. The zero-order chi connectivity index (χ0) is 13.3. The first kappa shape index (κ1) is 13.5. The maximum absolute atomic E-state index is 11.9. The van der Waals surface area contributed by atoms with E-state index in [9.17, 15) is 13.2 Å². The molecule has 0 radical (unpaired) electrons. The number of sulfone groups is 1. The van der Waals surface area contributed by atoms with E-state index >= 15 is 0 Å². The molecule has 0 bridgehead atoms. The van der Waals surface area contributed by atoms with Crippen molar-refractivity contribution in [3.8, 4) is 0 Å². The number of halogens is 1. The average molecular weight is 336 g/mol. The van der Waals surface area contributed by atoms with Gasteiger partial charge in [-0.15, -0.1) is 0 Å². The van der Waals surface area contributed by atoms with Crippen LogP contribution in [0, 0.1) is 0 Å². The van der Waals surface area contributed by atoms with Gasteiger partial charge in [-0.3, -0.25) is 9.48 Å². The molecule has 6 nitrogen and oxygen atoms in total. The molecule has 1 N–H and O–H groups in total. The van der Waals surface area contributed by atoms with Crippen LogP contribution >= 0.6 is 15.9 Å². The molecule has 2 rings (SSSR count). The number of hydrogen-bond acceptors (Lipinski definition) is 4. The van der Waals surface area contributed by atoms with Crippen molar-refractivity contribution in [1.29, 1.82) is 0 Å². The minimum absolute atomic E-state index is 0.0360. The Bertz CT molecular complexity index is 554. The molecular weight excluding hydrogens is 322 g/mol. The highest BCUT2D eigenvalue weighted by Gasteiger charge is 2.30. The molecule has 0 aliphatic carbocycles. The molecule has 1 aromatic rings. The van der Waals surface area contributed by atoms with Crippen molar-refractivity contribution >= 4 is 31.7 Å². The van der Waals surface area contributed by atoms with Gasteiger partial charge in [0.1, 0.15) is 6.04 Å². The van der Waals surface area contributed by atoms with Gasteiger partial charge in [-0.1, -0.05) is 0 Å². The molecule has 18 heavy (non-hydrogen) atoms. The highest BCUT2D eigenvalue weighted by molar-refractivity contribution is 9.10. The average Bonchev–Trinajstić information content (AvgIpc) is 2.84. The van der Waals surface area contributed by atoms with Crippen molar-refractivity contribution < 1.29 is 13.2 Å². The molecule has 1 amide bonds. The van der Waals surface area contributed by atoms with Crippen LogP contribution < -0.4 is 5.32 Å². The van der Waals surface area contributed by atoms with E-state index in [0.717, 1.165) is 4.47 Å². The summed E-state index contributed by atoms with van der Waals surface area (Å²) < 4.78 is 24.9. The number of aromatic nitrogens is 2. The maximum Gasteiger partial charge on any atom is 0.244 e. The normalized spacial score (nSPS) is 23.8. The Balaban J connectivity index is 1.96. The monoisotopic (exact) mass is 335 g/mol. The topological polar surface area (TPSA) is 81.1 Å². The maximum atomic E-state index is 11.9. The lowest BCUT2D eigenvalue weighted by Crippen LogP contribution is -2.39. The number of rotatable bonds is 3. The third kappa shape index (κ3) is 3.11. The molecule has 0 unspecified atom stereocenters. The predicted molar refractivity (Wildman–Crippen MR) is 69.8 cm³/mol. The molecule has 100 valence electrons. The van der Waals surface area contributed by atoms with E-state index in [2.05, 4.69) is 26.3 Å². The second kappa shape index (κ2) is 5.00. The fraction of sp³-hybridized carbons (Fsp3) is 0.600. The minimum atomic E-state index is -2.97. The van der Waals surface area contributed by atoms with Gasteiger partial charge in [-0.2, -0.15) is 5.10 Å². The fourth-order valence-electron chi connectivity index (χ4n) is 1.88. The largest absolute Gasteiger partial charge is 0.350 e. The second-order valence-electron chi connectivity index (χ2n) is 4.42. The standard InChI is InChI=1S/C10H14BrN3O3S/c1-7(14-5-8(11)4-12-14)10(15)13-9-2-3-18(16,17)6-9/h4-5,7,9H,2-3,6H2,1H3,(H,13,15)/t7-,9+/m1/s1. The molecular formula is C10H14BrN3O3S. The molecule has 1 aliphatic rings. The van der Waals surface area contributed by atoms with Crippen LogP contribution in [0.25, 0.3) is 0 Å².